The van der Waals surface area contributed by atoms with Gasteiger partial charge in [-0.3, -0.25) is 9.79 Å². The molecule has 0 fully saturated rings. The van der Waals surface area contributed by atoms with Gasteiger partial charge in [-0.1, -0.05) is 0 Å². The van der Waals surface area contributed by atoms with E-state index in [0.717, 1.165) is 0 Å². The maximum atomic E-state index is 11.2. The normalized spacial score (nSPS) is 11.6. The topological polar surface area (TPSA) is 111 Å². The van der Waals surface area contributed by atoms with E-state index in [2.05, 4.69) is 22.9 Å². The molecule has 0 aliphatic carbocycles. The number of amides is 1. The zero-order valence-electron chi connectivity index (χ0n) is 9.06. The lowest BCUT2D eigenvalue weighted by Crippen LogP contribution is -2.36. The predicted octanol–water partition coefficient (Wildman–Crippen LogP) is -0.956. The van der Waals surface area contributed by atoms with E-state index < -0.39 is 6.04 Å². The van der Waals surface area contributed by atoms with Gasteiger partial charge in [-0.05, 0) is 18.6 Å². The van der Waals surface area contributed by atoms with E-state index in [1.165, 1.54) is 0 Å². The summed E-state index contributed by atoms with van der Waals surface area (Å²) in [6.07, 6.45) is 2.19. The molecule has 0 aromatic rings. The van der Waals surface area contributed by atoms with Crippen molar-refractivity contribution >= 4 is 30.8 Å². The molecule has 0 saturated heterocycles. The van der Waals surface area contributed by atoms with E-state index >= 15 is 0 Å². The SMILES string of the molecule is NC(N)=NCCC[C@@H](C=O)NC(=O)CCS. The van der Waals surface area contributed by atoms with Crippen molar-refractivity contribution in [3.63, 3.8) is 0 Å². The van der Waals surface area contributed by atoms with Crippen molar-refractivity contribution in [2.45, 2.75) is 25.3 Å². The van der Waals surface area contributed by atoms with Gasteiger partial charge in [0.25, 0.3) is 0 Å². The molecule has 6 nitrogen and oxygen atoms in total. The van der Waals surface area contributed by atoms with E-state index in [1.807, 2.05) is 0 Å². The molecule has 0 aliphatic heterocycles. The summed E-state index contributed by atoms with van der Waals surface area (Å²) in [6.45, 7) is 0.453. The van der Waals surface area contributed by atoms with Crippen LogP contribution in [0.1, 0.15) is 19.3 Å². The molecule has 0 rings (SSSR count). The molecule has 16 heavy (non-hydrogen) atoms. The van der Waals surface area contributed by atoms with Crippen molar-refractivity contribution in [2.24, 2.45) is 16.5 Å². The Labute approximate surface area is 100 Å². The van der Waals surface area contributed by atoms with Gasteiger partial charge in [0.15, 0.2) is 5.96 Å². The molecule has 0 aliphatic rings. The van der Waals surface area contributed by atoms with Gasteiger partial charge in [-0.25, -0.2) is 0 Å². The largest absolute Gasteiger partial charge is 0.370 e. The van der Waals surface area contributed by atoms with Crippen LogP contribution in [0, 0.1) is 0 Å². The molecule has 0 unspecified atom stereocenters. The number of carbonyl (C=O) groups excluding carboxylic acids is 2. The third kappa shape index (κ3) is 8.10. The fourth-order valence-electron chi connectivity index (χ4n) is 1.07. The average Bonchev–Trinajstić information content (AvgIpc) is 2.22. The first-order chi connectivity index (χ1) is 7.60. The van der Waals surface area contributed by atoms with Crippen molar-refractivity contribution in [1.29, 1.82) is 0 Å². The lowest BCUT2D eigenvalue weighted by atomic mass is 10.1. The quantitative estimate of drug-likeness (QED) is 0.145. The highest BCUT2D eigenvalue weighted by Crippen LogP contribution is 1.96. The molecule has 1 atom stereocenters. The van der Waals surface area contributed by atoms with Crippen molar-refractivity contribution in [3.8, 4) is 0 Å². The van der Waals surface area contributed by atoms with E-state index in [0.29, 0.717) is 37.8 Å². The van der Waals surface area contributed by atoms with Gasteiger partial charge in [0.05, 0.1) is 6.04 Å². The van der Waals surface area contributed by atoms with Crippen LogP contribution in [0.5, 0.6) is 0 Å². The number of guanidine groups is 1. The van der Waals surface area contributed by atoms with Crippen LogP contribution in [-0.4, -0.2) is 36.5 Å². The highest BCUT2D eigenvalue weighted by molar-refractivity contribution is 7.80. The Morgan fingerprint density at radius 2 is 2.19 bits per heavy atom. The van der Waals surface area contributed by atoms with Crippen molar-refractivity contribution in [2.75, 3.05) is 12.3 Å². The van der Waals surface area contributed by atoms with Gasteiger partial charge in [0, 0.05) is 13.0 Å². The second-order valence-corrected chi connectivity index (χ2v) is 3.68. The first-order valence-corrected chi connectivity index (χ1v) is 5.64. The van der Waals surface area contributed by atoms with Crippen LogP contribution in [0.15, 0.2) is 4.99 Å². The number of rotatable bonds is 8. The molecule has 0 saturated carbocycles. The molecule has 0 bridgehead atoms. The Hall–Kier alpha value is -1.24. The molecular weight excluding hydrogens is 228 g/mol. The summed E-state index contributed by atoms with van der Waals surface area (Å²) in [5.41, 5.74) is 10.3. The molecule has 92 valence electrons. The summed E-state index contributed by atoms with van der Waals surface area (Å²) >= 11 is 3.93. The fourth-order valence-corrected chi connectivity index (χ4v) is 1.28. The minimum absolute atomic E-state index is 0.0294. The third-order valence-corrected chi connectivity index (χ3v) is 2.04. The molecule has 5 N–H and O–H groups in total. The number of aliphatic imine (C=N–C) groups is 1. The minimum Gasteiger partial charge on any atom is -0.370 e. The Bertz CT molecular complexity index is 254. The Kier molecular flexibility index (Phi) is 8.32. The molecular formula is C9H18N4O2S. The van der Waals surface area contributed by atoms with Gasteiger partial charge in [0.2, 0.25) is 5.91 Å². The summed E-state index contributed by atoms with van der Waals surface area (Å²) in [7, 11) is 0. The van der Waals surface area contributed by atoms with Crippen LogP contribution >= 0.6 is 12.6 Å². The summed E-state index contributed by atoms with van der Waals surface area (Å²) < 4.78 is 0. The number of nitrogens with one attached hydrogen (secondary N) is 1. The van der Waals surface area contributed by atoms with Gasteiger partial charge in [0.1, 0.15) is 6.29 Å². The van der Waals surface area contributed by atoms with E-state index in [4.69, 9.17) is 11.5 Å². The molecule has 0 radical (unpaired) electrons. The Morgan fingerprint density at radius 1 is 1.50 bits per heavy atom. The number of hydrogen-bond donors (Lipinski definition) is 4. The Balaban J connectivity index is 3.79. The van der Waals surface area contributed by atoms with Crippen LogP contribution < -0.4 is 16.8 Å². The van der Waals surface area contributed by atoms with E-state index in [1.54, 1.807) is 0 Å². The van der Waals surface area contributed by atoms with Crippen LogP contribution in [0.2, 0.25) is 0 Å². The van der Waals surface area contributed by atoms with E-state index in [-0.39, 0.29) is 11.9 Å². The fraction of sp³-hybridized carbons (Fsp3) is 0.667. The predicted molar refractivity (Wildman–Crippen MR) is 66.4 cm³/mol. The van der Waals surface area contributed by atoms with E-state index in [9.17, 15) is 9.59 Å². The standard InChI is InChI=1S/C9H18N4O2S/c10-9(11)12-4-1-2-7(6-14)13-8(15)3-5-16/h6-7,16H,1-5H2,(H,13,15)(H4,10,11,12)/t7-/m0/s1. The monoisotopic (exact) mass is 246 g/mol. The minimum atomic E-state index is -0.471. The molecule has 0 heterocycles. The molecule has 0 aromatic heterocycles. The summed E-state index contributed by atoms with van der Waals surface area (Å²) in [4.78, 5) is 25.6. The smallest absolute Gasteiger partial charge is 0.221 e. The number of thiol groups is 1. The lowest BCUT2D eigenvalue weighted by molar-refractivity contribution is -0.123. The summed E-state index contributed by atoms with van der Waals surface area (Å²) in [5.74, 6) is 0.321. The molecule has 0 spiro atoms. The first kappa shape index (κ1) is 14.8. The van der Waals surface area contributed by atoms with Gasteiger partial charge in [-0.15, -0.1) is 0 Å². The highest BCUT2D eigenvalue weighted by Gasteiger charge is 2.09. The number of hydrogen-bond acceptors (Lipinski definition) is 4. The van der Waals surface area contributed by atoms with Crippen LogP contribution in [0.4, 0.5) is 0 Å². The number of aldehydes is 1. The van der Waals surface area contributed by atoms with Crippen LogP contribution in [-0.2, 0) is 9.59 Å². The van der Waals surface area contributed by atoms with Gasteiger partial charge in [-0.2, -0.15) is 12.6 Å². The number of nitrogens with zero attached hydrogens (tertiary/aromatic N) is 1. The molecule has 7 heteroatoms. The first-order valence-electron chi connectivity index (χ1n) is 5.01. The summed E-state index contributed by atoms with van der Waals surface area (Å²) in [6, 6.07) is -0.471. The maximum Gasteiger partial charge on any atom is 0.221 e. The second kappa shape index (κ2) is 9.02. The number of carbonyl (C=O) groups is 2. The number of nitrogens with two attached hydrogens (primary N) is 2. The highest BCUT2D eigenvalue weighted by atomic mass is 32.1. The Morgan fingerprint density at radius 3 is 2.69 bits per heavy atom. The van der Waals surface area contributed by atoms with Crippen LogP contribution in [0.3, 0.4) is 0 Å². The van der Waals surface area contributed by atoms with Gasteiger partial charge >= 0.3 is 0 Å². The maximum absolute atomic E-state index is 11.2. The lowest BCUT2D eigenvalue weighted by Gasteiger charge is -2.11. The molecule has 1 amide bonds. The van der Waals surface area contributed by atoms with Crippen LogP contribution in [0.25, 0.3) is 0 Å². The average molecular weight is 246 g/mol. The second-order valence-electron chi connectivity index (χ2n) is 3.23. The molecule has 0 aromatic carbocycles. The van der Waals surface area contributed by atoms with Crippen molar-refractivity contribution < 1.29 is 9.59 Å². The third-order valence-electron chi connectivity index (χ3n) is 1.82. The zero-order valence-corrected chi connectivity index (χ0v) is 9.95. The van der Waals surface area contributed by atoms with Gasteiger partial charge < -0.3 is 21.6 Å². The zero-order chi connectivity index (χ0) is 12.4. The van der Waals surface area contributed by atoms with Crippen molar-refractivity contribution in [3.05, 3.63) is 0 Å². The summed E-state index contributed by atoms with van der Waals surface area (Å²) in [5, 5.41) is 2.59. The van der Waals surface area contributed by atoms with Crippen molar-refractivity contribution in [1.82, 2.24) is 5.32 Å².